The Labute approximate surface area is 182 Å². The van der Waals surface area contributed by atoms with E-state index in [9.17, 15) is 4.79 Å². The van der Waals surface area contributed by atoms with Crippen LogP contribution in [0.3, 0.4) is 0 Å². The van der Waals surface area contributed by atoms with Gasteiger partial charge in [-0.15, -0.1) is 0 Å². The van der Waals surface area contributed by atoms with Crippen LogP contribution in [0, 0.1) is 0 Å². The first-order valence-corrected chi connectivity index (χ1v) is 11.1. The third-order valence-electron chi connectivity index (χ3n) is 6.45. The van der Waals surface area contributed by atoms with Crippen LogP contribution in [0.1, 0.15) is 23.6 Å². The van der Waals surface area contributed by atoms with Crippen molar-refractivity contribution in [2.24, 2.45) is 0 Å². The minimum absolute atomic E-state index is 0.186. The predicted octanol–water partition coefficient (Wildman–Crippen LogP) is 2.24. The zero-order chi connectivity index (χ0) is 20.5. The van der Waals surface area contributed by atoms with Crippen molar-refractivity contribution in [2.75, 3.05) is 62.6 Å². The second kappa shape index (κ2) is 8.49. The van der Waals surface area contributed by atoms with Crippen molar-refractivity contribution in [3.8, 4) is 0 Å². The summed E-state index contributed by atoms with van der Waals surface area (Å²) < 4.78 is 0. The SMILES string of the molecule is O=C1CNc2ncnc(N3CCN(C(CN4CCC4)c4ccccc4Cl)CC3)c2C1. The lowest BCUT2D eigenvalue weighted by Crippen LogP contribution is -2.51. The molecule has 1 aromatic heterocycles. The molecule has 1 N–H and O–H groups in total. The molecular formula is C22H27ClN6O. The fraction of sp³-hybridized carbons (Fsp3) is 0.500. The Morgan fingerprint density at radius 1 is 1.07 bits per heavy atom. The highest BCUT2D eigenvalue weighted by molar-refractivity contribution is 6.31. The van der Waals surface area contributed by atoms with Gasteiger partial charge >= 0.3 is 0 Å². The number of aromatic nitrogens is 2. The summed E-state index contributed by atoms with van der Waals surface area (Å²) >= 11 is 6.59. The molecule has 7 nitrogen and oxygen atoms in total. The number of rotatable bonds is 5. The number of ketones is 1. The number of fused-ring (bicyclic) bond motifs is 1. The van der Waals surface area contributed by atoms with E-state index in [1.807, 2.05) is 12.1 Å². The van der Waals surface area contributed by atoms with E-state index in [0.29, 0.717) is 19.0 Å². The quantitative estimate of drug-likeness (QED) is 0.786. The fourth-order valence-electron chi connectivity index (χ4n) is 4.64. The van der Waals surface area contributed by atoms with E-state index in [-0.39, 0.29) is 5.78 Å². The third-order valence-corrected chi connectivity index (χ3v) is 6.79. The van der Waals surface area contributed by atoms with Gasteiger partial charge < -0.3 is 15.1 Å². The van der Waals surface area contributed by atoms with Gasteiger partial charge in [-0.2, -0.15) is 0 Å². The van der Waals surface area contributed by atoms with Crippen molar-refractivity contribution in [1.29, 1.82) is 0 Å². The van der Waals surface area contributed by atoms with Crippen molar-refractivity contribution >= 4 is 29.0 Å². The third kappa shape index (κ3) is 3.89. The molecular weight excluding hydrogens is 400 g/mol. The van der Waals surface area contributed by atoms with Crippen molar-refractivity contribution in [1.82, 2.24) is 19.8 Å². The molecule has 0 spiro atoms. The standard InChI is InChI=1S/C22H27ClN6O/c23-19-5-2-1-4-17(19)20(14-27-6-3-7-27)28-8-10-29(11-9-28)22-18-12-16(30)13-24-21(18)25-15-26-22/h1-2,4-5,15,20H,3,6-14H2,(H,24,25,26). The van der Waals surface area contributed by atoms with E-state index in [2.05, 4.69) is 42.1 Å². The first-order valence-electron chi connectivity index (χ1n) is 10.7. The van der Waals surface area contributed by atoms with Gasteiger partial charge in [-0.1, -0.05) is 29.8 Å². The van der Waals surface area contributed by atoms with Crippen LogP contribution in [0.25, 0.3) is 0 Å². The van der Waals surface area contributed by atoms with E-state index in [1.54, 1.807) is 6.33 Å². The van der Waals surface area contributed by atoms with Crippen LogP contribution >= 0.6 is 11.6 Å². The molecule has 8 heteroatoms. The first-order chi connectivity index (χ1) is 14.7. The maximum Gasteiger partial charge on any atom is 0.156 e. The van der Waals surface area contributed by atoms with Crippen LogP contribution in [-0.4, -0.2) is 77.9 Å². The van der Waals surface area contributed by atoms with Gasteiger partial charge in [-0.25, -0.2) is 9.97 Å². The van der Waals surface area contributed by atoms with Gasteiger partial charge in [0.05, 0.1) is 6.54 Å². The van der Waals surface area contributed by atoms with Crippen molar-refractivity contribution in [3.05, 3.63) is 46.7 Å². The van der Waals surface area contributed by atoms with Crippen LogP contribution in [0.5, 0.6) is 0 Å². The summed E-state index contributed by atoms with van der Waals surface area (Å²) in [6.45, 7) is 7.34. The Kier molecular flexibility index (Phi) is 5.58. The lowest BCUT2D eigenvalue weighted by molar-refractivity contribution is -0.117. The molecule has 4 heterocycles. The van der Waals surface area contributed by atoms with Crippen LogP contribution in [0.2, 0.25) is 5.02 Å². The molecule has 1 aromatic carbocycles. The zero-order valence-electron chi connectivity index (χ0n) is 17.1. The molecule has 5 rings (SSSR count). The topological polar surface area (TPSA) is 64.6 Å². The van der Waals surface area contributed by atoms with Crippen LogP contribution in [-0.2, 0) is 11.2 Å². The number of halogens is 1. The average molecular weight is 427 g/mol. The normalized spacial score (nSPS) is 21.0. The van der Waals surface area contributed by atoms with Gasteiger partial charge in [-0.05, 0) is 31.1 Å². The Morgan fingerprint density at radius 3 is 2.60 bits per heavy atom. The van der Waals surface area contributed by atoms with Gasteiger partial charge in [0.25, 0.3) is 0 Å². The number of likely N-dealkylation sites (tertiary alicyclic amines) is 1. The average Bonchev–Trinajstić information content (AvgIpc) is 2.74. The summed E-state index contributed by atoms with van der Waals surface area (Å²) in [5, 5.41) is 3.97. The number of piperazine rings is 1. The van der Waals surface area contributed by atoms with Gasteiger partial charge in [0.2, 0.25) is 0 Å². The number of benzene rings is 1. The number of nitrogens with one attached hydrogen (secondary N) is 1. The van der Waals surface area contributed by atoms with Crippen molar-refractivity contribution in [2.45, 2.75) is 18.9 Å². The molecule has 0 radical (unpaired) electrons. The molecule has 0 saturated carbocycles. The van der Waals surface area contributed by atoms with Gasteiger partial charge in [0.1, 0.15) is 18.0 Å². The molecule has 1 atom stereocenters. The molecule has 0 amide bonds. The van der Waals surface area contributed by atoms with E-state index < -0.39 is 0 Å². The van der Waals surface area contributed by atoms with Gasteiger partial charge in [-0.3, -0.25) is 9.69 Å². The number of Topliss-reactive ketones (excluding diaryl/α,β-unsaturated/α-hetero) is 1. The Balaban J connectivity index is 1.33. The van der Waals surface area contributed by atoms with E-state index >= 15 is 0 Å². The maximum absolute atomic E-state index is 12.0. The highest BCUT2D eigenvalue weighted by Gasteiger charge is 2.31. The summed E-state index contributed by atoms with van der Waals surface area (Å²) in [6, 6.07) is 8.53. The van der Waals surface area contributed by atoms with E-state index in [4.69, 9.17) is 11.6 Å². The van der Waals surface area contributed by atoms with Crippen LogP contribution in [0.4, 0.5) is 11.6 Å². The lowest BCUT2D eigenvalue weighted by atomic mass is 10.0. The van der Waals surface area contributed by atoms with Crippen LogP contribution < -0.4 is 10.2 Å². The van der Waals surface area contributed by atoms with Crippen LogP contribution in [0.15, 0.2) is 30.6 Å². The summed E-state index contributed by atoms with van der Waals surface area (Å²) in [4.78, 5) is 28.2. The number of nitrogens with zero attached hydrogens (tertiary/aromatic N) is 5. The second-order valence-corrected chi connectivity index (χ2v) is 8.72. The van der Waals surface area contributed by atoms with Gasteiger partial charge in [0.15, 0.2) is 5.78 Å². The second-order valence-electron chi connectivity index (χ2n) is 8.31. The van der Waals surface area contributed by atoms with E-state index in [1.165, 1.54) is 25.1 Å². The minimum atomic E-state index is 0.186. The van der Waals surface area contributed by atoms with Gasteiger partial charge in [0, 0.05) is 55.8 Å². The highest BCUT2D eigenvalue weighted by atomic mass is 35.5. The number of anilines is 2. The maximum atomic E-state index is 12.0. The van der Waals surface area contributed by atoms with Crippen molar-refractivity contribution < 1.29 is 4.79 Å². The smallest absolute Gasteiger partial charge is 0.156 e. The number of hydrogen-bond acceptors (Lipinski definition) is 7. The Hall–Kier alpha value is -2.22. The highest BCUT2D eigenvalue weighted by Crippen LogP contribution is 2.32. The Bertz CT molecular complexity index is 926. The fourth-order valence-corrected chi connectivity index (χ4v) is 4.90. The first kappa shape index (κ1) is 19.7. The lowest BCUT2D eigenvalue weighted by Gasteiger charge is -2.43. The summed E-state index contributed by atoms with van der Waals surface area (Å²) in [5.74, 6) is 1.89. The van der Waals surface area contributed by atoms with Crippen molar-refractivity contribution in [3.63, 3.8) is 0 Å². The summed E-state index contributed by atoms with van der Waals surface area (Å²) in [7, 11) is 0. The summed E-state index contributed by atoms with van der Waals surface area (Å²) in [6.07, 6.45) is 3.30. The molecule has 3 aliphatic heterocycles. The largest absolute Gasteiger partial charge is 0.363 e. The molecule has 2 aromatic rings. The molecule has 2 saturated heterocycles. The molecule has 0 aliphatic carbocycles. The monoisotopic (exact) mass is 426 g/mol. The molecule has 2 fully saturated rings. The van der Waals surface area contributed by atoms with E-state index in [0.717, 1.165) is 54.9 Å². The Morgan fingerprint density at radius 2 is 1.87 bits per heavy atom. The summed E-state index contributed by atoms with van der Waals surface area (Å²) in [5.41, 5.74) is 2.15. The molecule has 0 bridgehead atoms. The minimum Gasteiger partial charge on any atom is -0.363 e. The zero-order valence-corrected chi connectivity index (χ0v) is 17.8. The molecule has 158 valence electrons. The molecule has 1 unspecified atom stereocenters. The number of carbonyl (C=O) groups excluding carboxylic acids is 1. The molecule has 3 aliphatic rings. The molecule has 30 heavy (non-hydrogen) atoms. The number of hydrogen-bond donors (Lipinski definition) is 1. The predicted molar refractivity (Wildman–Crippen MR) is 118 cm³/mol. The number of carbonyl (C=O) groups is 1.